The summed E-state index contributed by atoms with van der Waals surface area (Å²) >= 11 is 0. The molecule has 0 radical (unpaired) electrons. The van der Waals surface area contributed by atoms with Crippen LogP contribution in [0.4, 0.5) is 5.69 Å². The van der Waals surface area contributed by atoms with Gasteiger partial charge in [-0.2, -0.15) is 0 Å². The highest BCUT2D eigenvalue weighted by molar-refractivity contribution is 7.90. The number of sulfone groups is 1. The van der Waals surface area contributed by atoms with Crippen LogP contribution >= 0.6 is 0 Å². The minimum atomic E-state index is -3.28. The maximum atomic E-state index is 12.4. The Bertz CT molecular complexity index is 790. The van der Waals surface area contributed by atoms with Crippen LogP contribution in [0.5, 0.6) is 0 Å². The second kappa shape index (κ2) is 7.36. The average Bonchev–Trinajstić information content (AvgIpc) is 2.93. The molecule has 1 aliphatic carbocycles. The second-order valence-electron chi connectivity index (χ2n) is 7.22. The van der Waals surface area contributed by atoms with Crippen molar-refractivity contribution in [2.24, 2.45) is 5.92 Å². The number of rotatable bonds is 5. The quantitative estimate of drug-likeness (QED) is 0.806. The largest absolute Gasteiger partial charge is 0.480 e. The molecular weight excluding hydrogens is 356 g/mol. The molecule has 0 bridgehead atoms. The fourth-order valence-electron chi connectivity index (χ4n) is 4.17. The number of benzene rings is 1. The molecule has 1 heterocycles. The van der Waals surface area contributed by atoms with E-state index in [4.69, 9.17) is 0 Å². The number of hydrogen-bond acceptors (Lipinski definition) is 5. The number of fused-ring (bicyclic) bond motifs is 1. The topological polar surface area (TPSA) is 104 Å². The third-order valence-electron chi connectivity index (χ3n) is 5.40. The van der Waals surface area contributed by atoms with Gasteiger partial charge in [0.15, 0.2) is 9.84 Å². The van der Waals surface area contributed by atoms with Gasteiger partial charge < -0.3 is 10.4 Å². The maximum absolute atomic E-state index is 12.4. The van der Waals surface area contributed by atoms with Gasteiger partial charge >= 0.3 is 5.97 Å². The number of carboxylic acid groups (broad SMARTS) is 1. The zero-order valence-electron chi connectivity index (χ0n) is 14.7. The summed E-state index contributed by atoms with van der Waals surface area (Å²) in [7, 11) is -3.28. The third-order valence-corrected chi connectivity index (χ3v) is 6.53. The average molecular weight is 380 g/mol. The lowest BCUT2D eigenvalue weighted by atomic mass is 9.85. The van der Waals surface area contributed by atoms with Crippen LogP contribution in [0.2, 0.25) is 0 Å². The number of nitrogens with one attached hydrogen (secondary N) is 1. The summed E-state index contributed by atoms with van der Waals surface area (Å²) in [4.78, 5) is 26.0. The molecular formula is C18H24N2O5S. The molecule has 8 heteroatoms. The molecule has 3 unspecified atom stereocenters. The molecule has 2 fully saturated rings. The number of anilines is 1. The third kappa shape index (κ3) is 4.07. The Labute approximate surface area is 153 Å². The zero-order valence-corrected chi connectivity index (χ0v) is 15.5. The maximum Gasteiger partial charge on any atom is 0.320 e. The van der Waals surface area contributed by atoms with Gasteiger partial charge in [0.25, 0.3) is 0 Å². The van der Waals surface area contributed by atoms with Crippen molar-refractivity contribution in [3.8, 4) is 0 Å². The molecule has 2 aliphatic rings. The van der Waals surface area contributed by atoms with Gasteiger partial charge in [0.2, 0.25) is 5.91 Å². The van der Waals surface area contributed by atoms with Crippen molar-refractivity contribution >= 4 is 27.4 Å². The van der Waals surface area contributed by atoms with Gasteiger partial charge in [0.1, 0.15) is 6.04 Å². The number of aliphatic carboxylic acids is 1. The van der Waals surface area contributed by atoms with Crippen molar-refractivity contribution < 1.29 is 23.1 Å². The van der Waals surface area contributed by atoms with Crippen LogP contribution in [0.25, 0.3) is 0 Å². The van der Waals surface area contributed by atoms with Crippen LogP contribution in [-0.2, 0) is 19.4 Å². The Morgan fingerprint density at radius 1 is 1.19 bits per heavy atom. The van der Waals surface area contributed by atoms with Crippen LogP contribution in [0, 0.1) is 5.92 Å². The minimum Gasteiger partial charge on any atom is -0.480 e. The predicted molar refractivity (Wildman–Crippen MR) is 96.7 cm³/mol. The molecule has 1 amide bonds. The number of amides is 1. The monoisotopic (exact) mass is 380 g/mol. The molecule has 3 atom stereocenters. The summed E-state index contributed by atoms with van der Waals surface area (Å²) in [5.41, 5.74) is 0.494. The number of nitrogens with zero attached hydrogens (tertiary/aromatic N) is 1. The summed E-state index contributed by atoms with van der Waals surface area (Å²) < 4.78 is 23.0. The highest BCUT2D eigenvalue weighted by Crippen LogP contribution is 2.39. The van der Waals surface area contributed by atoms with E-state index in [1.54, 1.807) is 0 Å². The second-order valence-corrected chi connectivity index (χ2v) is 9.23. The van der Waals surface area contributed by atoms with E-state index in [0.29, 0.717) is 18.0 Å². The van der Waals surface area contributed by atoms with Gasteiger partial charge in [-0.05, 0) is 49.4 Å². The Morgan fingerprint density at radius 2 is 1.85 bits per heavy atom. The molecule has 0 aromatic heterocycles. The molecule has 7 nitrogen and oxygen atoms in total. The molecule has 1 aliphatic heterocycles. The van der Waals surface area contributed by atoms with E-state index in [9.17, 15) is 23.1 Å². The molecule has 1 saturated heterocycles. The van der Waals surface area contributed by atoms with Crippen LogP contribution in [0.1, 0.15) is 32.1 Å². The fourth-order valence-corrected chi connectivity index (χ4v) is 4.81. The predicted octanol–water partition coefficient (Wildman–Crippen LogP) is 1.75. The van der Waals surface area contributed by atoms with Crippen LogP contribution in [-0.4, -0.2) is 55.2 Å². The molecule has 1 aromatic carbocycles. The van der Waals surface area contributed by atoms with E-state index in [1.165, 1.54) is 24.3 Å². The first-order valence-electron chi connectivity index (χ1n) is 8.84. The number of carbonyl (C=O) groups excluding carboxylic acids is 1. The van der Waals surface area contributed by atoms with Crippen LogP contribution in [0.15, 0.2) is 29.2 Å². The summed E-state index contributed by atoms with van der Waals surface area (Å²) in [6, 6.07) is 5.51. The van der Waals surface area contributed by atoms with Crippen molar-refractivity contribution in [3.63, 3.8) is 0 Å². The summed E-state index contributed by atoms with van der Waals surface area (Å²) in [6.45, 7) is 0.0337. The van der Waals surface area contributed by atoms with Crippen LogP contribution < -0.4 is 5.32 Å². The summed E-state index contributed by atoms with van der Waals surface area (Å²) in [6.07, 6.45) is 5.89. The fraction of sp³-hybridized carbons (Fsp3) is 0.556. The van der Waals surface area contributed by atoms with E-state index >= 15 is 0 Å². The van der Waals surface area contributed by atoms with Crippen molar-refractivity contribution in [2.75, 3.05) is 18.1 Å². The van der Waals surface area contributed by atoms with E-state index in [2.05, 4.69) is 5.32 Å². The van der Waals surface area contributed by atoms with Gasteiger partial charge in [-0.3, -0.25) is 14.5 Å². The number of hydrogen-bond donors (Lipinski definition) is 2. The van der Waals surface area contributed by atoms with Gasteiger partial charge in [-0.15, -0.1) is 0 Å². The molecule has 2 N–H and O–H groups in total. The van der Waals surface area contributed by atoms with Crippen molar-refractivity contribution in [1.29, 1.82) is 0 Å². The molecule has 3 rings (SSSR count). The first-order valence-corrected chi connectivity index (χ1v) is 10.7. The van der Waals surface area contributed by atoms with Gasteiger partial charge in [-0.25, -0.2) is 8.42 Å². The van der Waals surface area contributed by atoms with Crippen molar-refractivity contribution in [3.05, 3.63) is 24.3 Å². The van der Waals surface area contributed by atoms with Crippen LogP contribution in [0.3, 0.4) is 0 Å². The Balaban J connectivity index is 1.67. The smallest absolute Gasteiger partial charge is 0.320 e. The minimum absolute atomic E-state index is 0.0337. The Hall–Kier alpha value is -1.93. The zero-order chi connectivity index (χ0) is 18.9. The molecule has 26 heavy (non-hydrogen) atoms. The van der Waals surface area contributed by atoms with Gasteiger partial charge in [-0.1, -0.05) is 12.8 Å². The highest BCUT2D eigenvalue weighted by Gasteiger charge is 2.45. The first-order chi connectivity index (χ1) is 12.3. The number of carboxylic acids is 1. The number of likely N-dealkylation sites (tertiary alicyclic amines) is 1. The van der Waals surface area contributed by atoms with E-state index in [1.807, 2.05) is 4.90 Å². The molecule has 1 saturated carbocycles. The standard InChI is InChI=1S/C18H24N2O5S/c1-26(24,25)14-8-6-13(7-9-14)19-17(21)11-20-15-5-3-2-4-12(15)10-16(20)18(22)23/h6-9,12,15-16H,2-5,10-11H2,1H3,(H,19,21)(H,22,23). The normalized spacial score (nSPS) is 26.3. The summed E-state index contributed by atoms with van der Waals surface area (Å²) in [5.74, 6) is -0.800. The van der Waals surface area contributed by atoms with E-state index < -0.39 is 21.8 Å². The number of carbonyl (C=O) groups is 2. The Morgan fingerprint density at radius 3 is 2.46 bits per heavy atom. The van der Waals surface area contributed by atoms with Crippen molar-refractivity contribution in [2.45, 2.75) is 49.1 Å². The molecule has 1 aromatic rings. The molecule has 0 spiro atoms. The highest BCUT2D eigenvalue weighted by atomic mass is 32.2. The lowest BCUT2D eigenvalue weighted by molar-refractivity contribution is -0.143. The van der Waals surface area contributed by atoms with E-state index in [-0.39, 0.29) is 23.4 Å². The summed E-state index contributed by atoms with van der Waals surface area (Å²) in [5, 5.41) is 12.2. The SMILES string of the molecule is CS(=O)(=O)c1ccc(NC(=O)CN2C(C(=O)O)CC3CCCCC32)cc1. The van der Waals surface area contributed by atoms with Crippen molar-refractivity contribution in [1.82, 2.24) is 4.90 Å². The Kier molecular flexibility index (Phi) is 5.34. The lowest BCUT2D eigenvalue weighted by Crippen LogP contribution is -2.46. The lowest BCUT2D eigenvalue weighted by Gasteiger charge is -2.32. The van der Waals surface area contributed by atoms with E-state index in [0.717, 1.165) is 31.9 Å². The molecule has 142 valence electrons. The first kappa shape index (κ1) is 18.8. The van der Waals surface area contributed by atoms with Gasteiger partial charge in [0, 0.05) is 18.0 Å². The van der Waals surface area contributed by atoms with Gasteiger partial charge in [0.05, 0.1) is 11.4 Å².